The van der Waals surface area contributed by atoms with E-state index in [1.54, 1.807) is 0 Å². The fourth-order valence-corrected chi connectivity index (χ4v) is 2.45. The zero-order valence-electron chi connectivity index (χ0n) is 12.3. The first kappa shape index (κ1) is 14.1. The molecule has 0 aliphatic rings. The molecule has 0 aliphatic carbocycles. The Kier molecular flexibility index (Phi) is 3.97. The number of rotatable bonds is 5. The fourth-order valence-electron chi connectivity index (χ4n) is 2.45. The summed E-state index contributed by atoms with van der Waals surface area (Å²) in [6.45, 7) is 7.59. The molecule has 2 rings (SSSR count). The molecular formula is C16H24N2O. The van der Waals surface area contributed by atoms with Gasteiger partial charge >= 0.3 is 0 Å². The van der Waals surface area contributed by atoms with Crippen LogP contribution >= 0.6 is 0 Å². The van der Waals surface area contributed by atoms with Crippen LogP contribution in [0.1, 0.15) is 31.5 Å². The molecule has 0 saturated carbocycles. The van der Waals surface area contributed by atoms with Crippen molar-refractivity contribution in [2.75, 3.05) is 13.7 Å². The predicted molar refractivity (Wildman–Crippen MR) is 80.3 cm³/mol. The van der Waals surface area contributed by atoms with Crippen molar-refractivity contribution in [2.45, 2.75) is 39.3 Å². The zero-order valence-corrected chi connectivity index (χ0v) is 12.3. The first-order valence-electron chi connectivity index (χ1n) is 6.84. The standard InChI is InChI=1S/C16H24N2O/c1-12-14(11-18(4)16(2,3)9-10-19)13-7-5-6-8-15(13)17-12/h5-8,17,19H,9-11H2,1-4H3. The number of aromatic nitrogens is 1. The van der Waals surface area contributed by atoms with Crippen molar-refractivity contribution in [3.8, 4) is 0 Å². The van der Waals surface area contributed by atoms with E-state index in [1.165, 1.54) is 22.2 Å². The van der Waals surface area contributed by atoms with E-state index in [1.807, 2.05) is 0 Å². The Labute approximate surface area is 115 Å². The van der Waals surface area contributed by atoms with Crippen molar-refractivity contribution in [2.24, 2.45) is 0 Å². The molecule has 0 radical (unpaired) electrons. The average molecular weight is 260 g/mol. The van der Waals surface area contributed by atoms with E-state index < -0.39 is 0 Å². The number of aryl methyl sites for hydroxylation is 1. The summed E-state index contributed by atoms with van der Waals surface area (Å²) in [6.07, 6.45) is 0.783. The lowest BCUT2D eigenvalue weighted by Gasteiger charge is -2.35. The first-order valence-corrected chi connectivity index (χ1v) is 6.84. The monoisotopic (exact) mass is 260 g/mol. The lowest BCUT2D eigenvalue weighted by atomic mass is 9.98. The highest BCUT2D eigenvalue weighted by Gasteiger charge is 2.24. The maximum absolute atomic E-state index is 9.17. The molecule has 1 aromatic heterocycles. The molecule has 0 unspecified atom stereocenters. The second-order valence-electron chi connectivity index (χ2n) is 5.92. The van der Waals surface area contributed by atoms with Crippen LogP contribution in [-0.2, 0) is 6.54 Å². The van der Waals surface area contributed by atoms with Crippen LogP contribution in [0.3, 0.4) is 0 Å². The van der Waals surface area contributed by atoms with Gasteiger partial charge in [-0.2, -0.15) is 0 Å². The van der Waals surface area contributed by atoms with Crippen LogP contribution in [0.5, 0.6) is 0 Å². The molecule has 19 heavy (non-hydrogen) atoms. The lowest BCUT2D eigenvalue weighted by Crippen LogP contribution is -2.41. The summed E-state index contributed by atoms with van der Waals surface area (Å²) in [4.78, 5) is 5.75. The number of fused-ring (bicyclic) bond motifs is 1. The third-order valence-electron chi connectivity index (χ3n) is 4.18. The van der Waals surface area contributed by atoms with Gasteiger partial charge < -0.3 is 10.1 Å². The number of hydrogen-bond donors (Lipinski definition) is 2. The normalized spacial score (nSPS) is 12.5. The maximum Gasteiger partial charge on any atom is 0.0459 e. The summed E-state index contributed by atoms with van der Waals surface area (Å²) in [5, 5.41) is 10.5. The summed E-state index contributed by atoms with van der Waals surface area (Å²) in [6, 6.07) is 8.42. The van der Waals surface area contributed by atoms with Crippen molar-refractivity contribution >= 4 is 10.9 Å². The van der Waals surface area contributed by atoms with Gasteiger partial charge in [0.15, 0.2) is 0 Å². The Morgan fingerprint density at radius 2 is 1.95 bits per heavy atom. The molecule has 0 bridgehead atoms. The van der Waals surface area contributed by atoms with Gasteiger partial charge in [0.05, 0.1) is 0 Å². The fraction of sp³-hybridized carbons (Fsp3) is 0.500. The number of nitrogens with zero attached hydrogens (tertiary/aromatic N) is 1. The molecular weight excluding hydrogens is 236 g/mol. The van der Waals surface area contributed by atoms with Gasteiger partial charge in [-0.05, 0) is 45.9 Å². The predicted octanol–water partition coefficient (Wildman–Crippen LogP) is 3.07. The molecule has 0 saturated heterocycles. The van der Waals surface area contributed by atoms with Gasteiger partial charge in [0, 0.05) is 35.3 Å². The molecule has 0 atom stereocenters. The van der Waals surface area contributed by atoms with E-state index >= 15 is 0 Å². The van der Waals surface area contributed by atoms with Crippen LogP contribution in [0.25, 0.3) is 10.9 Å². The minimum absolute atomic E-state index is 0.000433. The van der Waals surface area contributed by atoms with Crippen molar-refractivity contribution in [1.29, 1.82) is 0 Å². The van der Waals surface area contributed by atoms with Gasteiger partial charge in [-0.15, -0.1) is 0 Å². The molecule has 1 aromatic carbocycles. The smallest absolute Gasteiger partial charge is 0.0459 e. The molecule has 3 nitrogen and oxygen atoms in total. The van der Waals surface area contributed by atoms with E-state index in [9.17, 15) is 5.11 Å². The molecule has 104 valence electrons. The Morgan fingerprint density at radius 3 is 2.63 bits per heavy atom. The zero-order chi connectivity index (χ0) is 14.0. The largest absolute Gasteiger partial charge is 0.396 e. The van der Waals surface area contributed by atoms with E-state index in [2.05, 4.69) is 62.0 Å². The number of H-pyrrole nitrogens is 1. The first-order chi connectivity index (χ1) is 8.95. The van der Waals surface area contributed by atoms with Crippen molar-refractivity contribution in [3.63, 3.8) is 0 Å². The van der Waals surface area contributed by atoms with Crippen molar-refractivity contribution < 1.29 is 5.11 Å². The van der Waals surface area contributed by atoms with Crippen molar-refractivity contribution in [1.82, 2.24) is 9.88 Å². The molecule has 2 aromatic rings. The number of aliphatic hydroxyl groups excluding tert-OH is 1. The van der Waals surface area contributed by atoms with E-state index in [4.69, 9.17) is 0 Å². The maximum atomic E-state index is 9.17. The van der Waals surface area contributed by atoms with Crippen LogP contribution in [0, 0.1) is 6.92 Å². The SMILES string of the molecule is Cc1[nH]c2ccccc2c1CN(C)C(C)(C)CCO. The summed E-state index contributed by atoms with van der Waals surface area (Å²) in [5.74, 6) is 0. The van der Waals surface area contributed by atoms with Crippen LogP contribution in [-0.4, -0.2) is 34.2 Å². The molecule has 0 aliphatic heterocycles. The lowest BCUT2D eigenvalue weighted by molar-refractivity contribution is 0.110. The van der Waals surface area contributed by atoms with Crippen LogP contribution in [0.15, 0.2) is 24.3 Å². The quantitative estimate of drug-likeness (QED) is 0.867. The Hall–Kier alpha value is -1.32. The van der Waals surface area contributed by atoms with Gasteiger partial charge in [0.25, 0.3) is 0 Å². The summed E-state index contributed by atoms with van der Waals surface area (Å²) in [5.41, 5.74) is 3.78. The Balaban J connectivity index is 2.28. The molecule has 3 heteroatoms. The third-order valence-corrected chi connectivity index (χ3v) is 4.18. The van der Waals surface area contributed by atoms with Gasteiger partial charge in [0.1, 0.15) is 0 Å². The number of benzene rings is 1. The van der Waals surface area contributed by atoms with Gasteiger partial charge in [-0.1, -0.05) is 18.2 Å². The molecule has 0 amide bonds. The number of aromatic amines is 1. The minimum Gasteiger partial charge on any atom is -0.396 e. The highest BCUT2D eigenvalue weighted by Crippen LogP contribution is 2.26. The molecule has 1 heterocycles. The number of hydrogen-bond acceptors (Lipinski definition) is 2. The molecule has 2 N–H and O–H groups in total. The van der Waals surface area contributed by atoms with E-state index in [0.717, 1.165) is 13.0 Å². The average Bonchev–Trinajstić information content (AvgIpc) is 2.66. The molecule has 0 spiro atoms. The van der Waals surface area contributed by atoms with Gasteiger partial charge in [-0.25, -0.2) is 0 Å². The minimum atomic E-state index is -0.000433. The number of para-hydroxylation sites is 1. The Bertz CT molecular complexity index is 557. The van der Waals surface area contributed by atoms with Crippen LogP contribution in [0.2, 0.25) is 0 Å². The Morgan fingerprint density at radius 1 is 1.26 bits per heavy atom. The number of nitrogens with one attached hydrogen (secondary N) is 1. The van der Waals surface area contributed by atoms with E-state index in [0.29, 0.717) is 0 Å². The van der Waals surface area contributed by atoms with Crippen LogP contribution < -0.4 is 0 Å². The number of aliphatic hydroxyl groups is 1. The second-order valence-corrected chi connectivity index (χ2v) is 5.92. The van der Waals surface area contributed by atoms with Crippen molar-refractivity contribution in [3.05, 3.63) is 35.5 Å². The molecule has 0 fully saturated rings. The second kappa shape index (κ2) is 5.35. The third kappa shape index (κ3) is 2.82. The highest BCUT2D eigenvalue weighted by molar-refractivity contribution is 5.84. The summed E-state index contributed by atoms with van der Waals surface area (Å²) < 4.78 is 0. The van der Waals surface area contributed by atoms with Crippen LogP contribution in [0.4, 0.5) is 0 Å². The van der Waals surface area contributed by atoms with Gasteiger partial charge in [-0.3, -0.25) is 4.90 Å². The summed E-state index contributed by atoms with van der Waals surface area (Å²) in [7, 11) is 2.12. The topological polar surface area (TPSA) is 39.3 Å². The highest BCUT2D eigenvalue weighted by atomic mass is 16.3. The van der Waals surface area contributed by atoms with Gasteiger partial charge in [0.2, 0.25) is 0 Å². The summed E-state index contributed by atoms with van der Waals surface area (Å²) >= 11 is 0. The van der Waals surface area contributed by atoms with E-state index in [-0.39, 0.29) is 12.1 Å².